The molecule has 176 valence electrons. The molecule has 0 heterocycles. The molecule has 0 saturated carbocycles. The Morgan fingerprint density at radius 3 is 2.12 bits per heavy atom. The average molecular weight is 456 g/mol. The predicted molar refractivity (Wildman–Crippen MR) is 121 cm³/mol. The van der Waals surface area contributed by atoms with Gasteiger partial charge >= 0.3 is 18.2 Å². The van der Waals surface area contributed by atoms with E-state index in [0.29, 0.717) is 5.69 Å². The molecule has 2 amide bonds. The Bertz CT molecular complexity index is 967. The molecule has 0 aliphatic rings. The molecular weight excluding hydrogens is 428 g/mol. The van der Waals surface area contributed by atoms with Gasteiger partial charge in [-0.1, -0.05) is 30.3 Å². The molecule has 0 spiro atoms. The van der Waals surface area contributed by atoms with Crippen molar-refractivity contribution < 1.29 is 33.4 Å². The van der Waals surface area contributed by atoms with Gasteiger partial charge in [0.2, 0.25) is 0 Å². The fourth-order valence-corrected chi connectivity index (χ4v) is 2.72. The first-order valence-electron chi connectivity index (χ1n) is 10.3. The summed E-state index contributed by atoms with van der Waals surface area (Å²) in [5.74, 6) is -1.20. The number of methoxy groups -OCH3 is 1. The smallest absolute Gasteiger partial charge is 0.411 e. The lowest BCUT2D eigenvalue weighted by Gasteiger charge is -2.23. The van der Waals surface area contributed by atoms with Crippen molar-refractivity contribution in [2.75, 3.05) is 19.0 Å². The number of esters is 1. The van der Waals surface area contributed by atoms with Gasteiger partial charge < -0.3 is 19.5 Å². The molecule has 0 aromatic heterocycles. The van der Waals surface area contributed by atoms with Crippen molar-refractivity contribution in [3.05, 3.63) is 65.7 Å². The quantitative estimate of drug-likeness (QED) is 0.353. The van der Waals surface area contributed by atoms with E-state index in [-0.39, 0.29) is 12.0 Å². The Morgan fingerprint density at radius 2 is 1.55 bits per heavy atom. The van der Waals surface area contributed by atoms with E-state index in [9.17, 15) is 19.2 Å². The lowest BCUT2D eigenvalue weighted by Crippen LogP contribution is -2.45. The topological polar surface area (TPSA) is 120 Å². The van der Waals surface area contributed by atoms with Crippen molar-refractivity contribution in [3.8, 4) is 0 Å². The lowest BCUT2D eigenvalue weighted by atomic mass is 10.1. The molecule has 2 N–H and O–H groups in total. The van der Waals surface area contributed by atoms with Crippen molar-refractivity contribution in [3.63, 3.8) is 0 Å². The largest absolute Gasteiger partial charge is 0.456 e. The molecule has 2 aromatic carbocycles. The van der Waals surface area contributed by atoms with Crippen LogP contribution in [0.4, 0.5) is 15.3 Å². The number of rotatable bonds is 8. The number of benzene rings is 2. The second kappa shape index (κ2) is 11.7. The monoisotopic (exact) mass is 456 g/mol. The summed E-state index contributed by atoms with van der Waals surface area (Å²) in [7, 11) is 1.24. The van der Waals surface area contributed by atoms with E-state index in [4.69, 9.17) is 9.47 Å². The molecule has 0 bridgehead atoms. The van der Waals surface area contributed by atoms with Crippen molar-refractivity contribution in [1.82, 2.24) is 5.32 Å². The van der Waals surface area contributed by atoms with E-state index in [1.807, 2.05) is 30.3 Å². The lowest BCUT2D eigenvalue weighted by molar-refractivity contribution is -0.145. The summed E-state index contributed by atoms with van der Waals surface area (Å²) < 4.78 is 14.9. The normalized spacial score (nSPS) is 11.6. The summed E-state index contributed by atoms with van der Waals surface area (Å²) >= 11 is 0. The minimum absolute atomic E-state index is 0.168. The summed E-state index contributed by atoms with van der Waals surface area (Å²) in [5, 5.41) is 4.99. The fraction of sp³-hybridized carbons (Fsp3) is 0.333. The highest BCUT2D eigenvalue weighted by Crippen LogP contribution is 2.12. The maximum Gasteiger partial charge on any atom is 0.411 e. The number of nitrogens with one attached hydrogen (secondary N) is 2. The van der Waals surface area contributed by atoms with E-state index in [0.717, 1.165) is 5.56 Å². The molecule has 0 unspecified atom stereocenters. The van der Waals surface area contributed by atoms with Gasteiger partial charge in [0.15, 0.2) is 12.4 Å². The third-order valence-corrected chi connectivity index (χ3v) is 4.24. The van der Waals surface area contributed by atoms with Crippen LogP contribution in [0.25, 0.3) is 0 Å². The number of ketones is 1. The van der Waals surface area contributed by atoms with Gasteiger partial charge in [-0.05, 0) is 50.6 Å². The van der Waals surface area contributed by atoms with Gasteiger partial charge in [-0.25, -0.2) is 14.4 Å². The van der Waals surface area contributed by atoms with Crippen LogP contribution in [0, 0.1) is 0 Å². The number of carbonyl (C=O) groups excluding carboxylic acids is 4. The second-order valence-electron chi connectivity index (χ2n) is 8.11. The number of hydrogen-bond donors (Lipinski definition) is 2. The highest BCUT2D eigenvalue weighted by molar-refractivity contribution is 5.99. The maximum atomic E-state index is 12.7. The maximum absolute atomic E-state index is 12.7. The van der Waals surface area contributed by atoms with Crippen LogP contribution in [0.3, 0.4) is 0 Å². The molecular formula is C24H28N2O7. The highest BCUT2D eigenvalue weighted by Gasteiger charge is 2.26. The Kier molecular flexibility index (Phi) is 8.97. The van der Waals surface area contributed by atoms with Crippen LogP contribution < -0.4 is 10.6 Å². The summed E-state index contributed by atoms with van der Waals surface area (Å²) in [6, 6.07) is 14.1. The Balaban J connectivity index is 2.01. The van der Waals surface area contributed by atoms with Crippen molar-refractivity contribution in [1.29, 1.82) is 0 Å². The van der Waals surface area contributed by atoms with Gasteiger partial charge in [-0.2, -0.15) is 0 Å². The van der Waals surface area contributed by atoms with Crippen molar-refractivity contribution in [2.45, 2.75) is 38.8 Å². The van der Waals surface area contributed by atoms with E-state index in [1.54, 1.807) is 20.8 Å². The van der Waals surface area contributed by atoms with Crippen LogP contribution in [0.2, 0.25) is 0 Å². The number of amides is 2. The first-order chi connectivity index (χ1) is 15.6. The number of hydrogen-bond acceptors (Lipinski definition) is 7. The van der Waals surface area contributed by atoms with Crippen LogP contribution >= 0.6 is 0 Å². The molecule has 0 fully saturated rings. The molecule has 33 heavy (non-hydrogen) atoms. The summed E-state index contributed by atoms with van der Waals surface area (Å²) in [6.45, 7) is 4.62. The number of anilines is 1. The second-order valence-corrected chi connectivity index (χ2v) is 8.11. The van der Waals surface area contributed by atoms with Crippen molar-refractivity contribution >= 4 is 29.6 Å². The summed E-state index contributed by atoms with van der Waals surface area (Å²) in [5.41, 5.74) is 0.796. The van der Waals surface area contributed by atoms with Crippen LogP contribution in [-0.2, 0) is 25.4 Å². The van der Waals surface area contributed by atoms with Gasteiger partial charge in [0, 0.05) is 17.7 Å². The van der Waals surface area contributed by atoms with Gasteiger partial charge in [0.1, 0.15) is 11.6 Å². The van der Waals surface area contributed by atoms with Crippen molar-refractivity contribution in [2.24, 2.45) is 0 Å². The molecule has 0 saturated heterocycles. The van der Waals surface area contributed by atoms with E-state index < -0.39 is 42.2 Å². The summed E-state index contributed by atoms with van der Waals surface area (Å²) in [4.78, 5) is 48.6. The van der Waals surface area contributed by atoms with E-state index in [1.165, 1.54) is 31.4 Å². The Morgan fingerprint density at radius 1 is 0.909 bits per heavy atom. The number of ether oxygens (including phenoxy) is 3. The third kappa shape index (κ3) is 9.02. The predicted octanol–water partition coefficient (Wildman–Crippen LogP) is 3.73. The zero-order chi connectivity index (χ0) is 24.4. The standard InChI is InChI=1S/C24H28N2O7/c1-24(2,3)33-23(30)26-19(14-16-8-6-5-7-9-16)21(28)32-15-20(27)17-10-12-18(13-11-17)25-22(29)31-4/h5-13,19H,14-15H2,1-4H3,(H,25,29)(H,26,30)/t19-/m0/s1. The summed E-state index contributed by atoms with van der Waals surface area (Å²) in [6.07, 6.45) is -1.23. The zero-order valence-electron chi connectivity index (χ0n) is 19.0. The van der Waals surface area contributed by atoms with Crippen LogP contribution in [-0.4, -0.2) is 49.3 Å². The molecule has 0 aliphatic carbocycles. The van der Waals surface area contributed by atoms with Gasteiger partial charge in [-0.3, -0.25) is 10.1 Å². The first-order valence-corrected chi connectivity index (χ1v) is 10.3. The van der Waals surface area contributed by atoms with E-state index >= 15 is 0 Å². The van der Waals surface area contributed by atoms with Crippen LogP contribution in [0.15, 0.2) is 54.6 Å². The minimum atomic E-state index is -1.04. The molecule has 9 heteroatoms. The average Bonchev–Trinajstić information content (AvgIpc) is 2.76. The number of Topliss-reactive ketones (excluding diaryl/α,β-unsaturated/α-hetero) is 1. The molecule has 2 rings (SSSR count). The van der Waals surface area contributed by atoms with Gasteiger partial charge in [0.25, 0.3) is 0 Å². The molecule has 0 radical (unpaired) electrons. The highest BCUT2D eigenvalue weighted by atomic mass is 16.6. The molecule has 2 aromatic rings. The minimum Gasteiger partial charge on any atom is -0.456 e. The fourth-order valence-electron chi connectivity index (χ4n) is 2.72. The SMILES string of the molecule is COC(=O)Nc1ccc(C(=O)COC(=O)[C@H](Cc2ccccc2)NC(=O)OC(C)(C)C)cc1. The third-order valence-electron chi connectivity index (χ3n) is 4.24. The molecule has 0 aliphatic heterocycles. The van der Waals surface area contributed by atoms with Crippen LogP contribution in [0.5, 0.6) is 0 Å². The van der Waals surface area contributed by atoms with Crippen LogP contribution in [0.1, 0.15) is 36.7 Å². The zero-order valence-corrected chi connectivity index (χ0v) is 19.0. The molecule has 1 atom stereocenters. The number of carbonyl (C=O) groups is 4. The van der Waals surface area contributed by atoms with Gasteiger partial charge in [-0.15, -0.1) is 0 Å². The van der Waals surface area contributed by atoms with Gasteiger partial charge in [0.05, 0.1) is 7.11 Å². The Hall–Kier alpha value is -3.88. The molecule has 9 nitrogen and oxygen atoms in total. The Labute approximate surface area is 192 Å². The number of alkyl carbamates (subject to hydrolysis) is 1. The first kappa shape index (κ1) is 25.4. The van der Waals surface area contributed by atoms with E-state index in [2.05, 4.69) is 15.4 Å².